The summed E-state index contributed by atoms with van der Waals surface area (Å²) in [6.07, 6.45) is 0.691. The Bertz CT molecular complexity index is 1070. The smallest absolute Gasteiger partial charge is 0.343 e. The van der Waals surface area contributed by atoms with Crippen molar-refractivity contribution in [2.45, 2.75) is 13.3 Å². The second-order valence-corrected chi connectivity index (χ2v) is 6.15. The Kier molecular flexibility index (Phi) is 4.23. The van der Waals surface area contributed by atoms with Crippen LogP contribution in [0.3, 0.4) is 0 Å². The molecule has 128 valence electrons. The summed E-state index contributed by atoms with van der Waals surface area (Å²) in [5.41, 5.74) is 4.06. The molecule has 4 nitrogen and oxygen atoms in total. The molecule has 0 aliphatic carbocycles. The number of esters is 1. The zero-order valence-electron chi connectivity index (χ0n) is 14.3. The number of fused-ring (bicyclic) bond motifs is 1. The van der Waals surface area contributed by atoms with Crippen molar-refractivity contribution in [3.63, 3.8) is 0 Å². The first-order valence-electron chi connectivity index (χ1n) is 8.41. The largest absolute Gasteiger partial charge is 0.423 e. The summed E-state index contributed by atoms with van der Waals surface area (Å²) in [4.78, 5) is 12.3. The quantitative estimate of drug-likeness (QED) is 0.389. The van der Waals surface area contributed by atoms with E-state index < -0.39 is 0 Å². The van der Waals surface area contributed by atoms with Crippen LogP contribution in [0, 0.1) is 6.92 Å². The SMILES string of the molecule is Cc1ccccc1C(=O)Oc1ccc2c(Cc3ccccc3)noc2c1. The zero-order chi connectivity index (χ0) is 17.9. The van der Waals surface area contributed by atoms with Crippen molar-refractivity contribution in [3.05, 3.63) is 95.2 Å². The summed E-state index contributed by atoms with van der Waals surface area (Å²) in [6, 6.07) is 22.8. The first-order valence-corrected chi connectivity index (χ1v) is 8.41. The molecule has 1 heterocycles. The zero-order valence-corrected chi connectivity index (χ0v) is 14.3. The first-order chi connectivity index (χ1) is 12.7. The molecule has 3 aromatic carbocycles. The predicted molar refractivity (Wildman–Crippen MR) is 99.4 cm³/mol. The number of rotatable bonds is 4. The van der Waals surface area contributed by atoms with Crippen LogP contribution in [0.1, 0.15) is 27.2 Å². The van der Waals surface area contributed by atoms with Gasteiger partial charge in [0.25, 0.3) is 0 Å². The summed E-state index contributed by atoms with van der Waals surface area (Å²) in [7, 11) is 0. The predicted octanol–water partition coefficient (Wildman–Crippen LogP) is 4.95. The van der Waals surface area contributed by atoms with E-state index >= 15 is 0 Å². The van der Waals surface area contributed by atoms with E-state index in [0.717, 1.165) is 22.2 Å². The topological polar surface area (TPSA) is 52.3 Å². The molecule has 0 fully saturated rings. The van der Waals surface area contributed by atoms with Crippen molar-refractivity contribution >= 4 is 16.9 Å². The molecule has 0 saturated heterocycles. The normalized spacial score (nSPS) is 10.8. The number of benzene rings is 3. The van der Waals surface area contributed by atoms with Crippen LogP contribution in [0.4, 0.5) is 0 Å². The van der Waals surface area contributed by atoms with E-state index in [1.807, 2.05) is 49.4 Å². The van der Waals surface area contributed by atoms with E-state index in [-0.39, 0.29) is 5.97 Å². The van der Waals surface area contributed by atoms with Gasteiger partial charge in [0.05, 0.1) is 11.3 Å². The van der Waals surface area contributed by atoms with Crippen LogP contribution in [0.15, 0.2) is 77.3 Å². The van der Waals surface area contributed by atoms with E-state index in [1.165, 1.54) is 0 Å². The van der Waals surface area contributed by atoms with Gasteiger partial charge in [-0.2, -0.15) is 0 Å². The van der Waals surface area contributed by atoms with Gasteiger partial charge in [-0.05, 0) is 36.2 Å². The minimum atomic E-state index is -0.383. The number of carbonyl (C=O) groups is 1. The highest BCUT2D eigenvalue weighted by Crippen LogP contribution is 2.26. The highest BCUT2D eigenvalue weighted by Gasteiger charge is 2.14. The molecule has 0 radical (unpaired) electrons. The van der Waals surface area contributed by atoms with Crippen molar-refractivity contribution in [1.29, 1.82) is 0 Å². The molecule has 0 aliphatic rings. The standard InChI is InChI=1S/C22H17NO3/c1-15-7-5-6-10-18(15)22(24)25-17-11-12-19-20(23-26-21(19)14-17)13-16-8-3-2-4-9-16/h2-12,14H,13H2,1H3. The van der Waals surface area contributed by atoms with Gasteiger partial charge < -0.3 is 9.26 Å². The van der Waals surface area contributed by atoms with Crippen molar-refractivity contribution in [3.8, 4) is 5.75 Å². The average molecular weight is 343 g/mol. The van der Waals surface area contributed by atoms with Crippen molar-refractivity contribution in [2.75, 3.05) is 0 Å². The molecule has 0 spiro atoms. The van der Waals surface area contributed by atoms with Crippen LogP contribution in [-0.2, 0) is 6.42 Å². The fourth-order valence-electron chi connectivity index (χ4n) is 2.91. The summed E-state index contributed by atoms with van der Waals surface area (Å²) < 4.78 is 10.9. The van der Waals surface area contributed by atoms with Gasteiger partial charge in [-0.25, -0.2) is 4.79 Å². The van der Waals surface area contributed by atoms with Crippen molar-refractivity contribution < 1.29 is 14.1 Å². The van der Waals surface area contributed by atoms with Crippen LogP contribution < -0.4 is 4.74 Å². The highest BCUT2D eigenvalue weighted by molar-refractivity contribution is 5.93. The maximum Gasteiger partial charge on any atom is 0.343 e. The third-order valence-electron chi connectivity index (χ3n) is 4.31. The third kappa shape index (κ3) is 3.22. The number of aromatic nitrogens is 1. The molecule has 4 rings (SSSR count). The average Bonchev–Trinajstić information content (AvgIpc) is 3.05. The number of nitrogens with zero attached hydrogens (tertiary/aromatic N) is 1. The summed E-state index contributed by atoms with van der Waals surface area (Å²) >= 11 is 0. The number of hydrogen-bond acceptors (Lipinski definition) is 4. The number of aryl methyl sites for hydroxylation is 1. The molecule has 26 heavy (non-hydrogen) atoms. The van der Waals surface area contributed by atoms with Gasteiger partial charge >= 0.3 is 5.97 Å². The minimum absolute atomic E-state index is 0.383. The molecule has 0 amide bonds. The van der Waals surface area contributed by atoms with Crippen LogP contribution >= 0.6 is 0 Å². The van der Waals surface area contributed by atoms with Crippen LogP contribution in [-0.4, -0.2) is 11.1 Å². The van der Waals surface area contributed by atoms with Crippen molar-refractivity contribution in [2.24, 2.45) is 0 Å². The molecule has 0 saturated carbocycles. The van der Waals surface area contributed by atoms with Gasteiger partial charge in [0.15, 0.2) is 5.58 Å². The van der Waals surface area contributed by atoms with Gasteiger partial charge in [-0.15, -0.1) is 0 Å². The van der Waals surface area contributed by atoms with Gasteiger partial charge in [-0.3, -0.25) is 0 Å². The molecule has 0 unspecified atom stereocenters. The first kappa shape index (κ1) is 16.1. The monoisotopic (exact) mass is 343 g/mol. The van der Waals surface area contributed by atoms with Gasteiger partial charge in [0.2, 0.25) is 0 Å². The summed E-state index contributed by atoms with van der Waals surface area (Å²) in [5.74, 6) is 0.0552. The minimum Gasteiger partial charge on any atom is -0.423 e. The lowest BCUT2D eigenvalue weighted by Crippen LogP contribution is -2.09. The molecule has 0 bridgehead atoms. The van der Waals surface area contributed by atoms with Gasteiger partial charge in [0, 0.05) is 17.9 Å². The number of ether oxygens (including phenoxy) is 1. The fourth-order valence-corrected chi connectivity index (χ4v) is 2.91. The molecule has 4 aromatic rings. The van der Waals surface area contributed by atoms with Gasteiger partial charge in [-0.1, -0.05) is 53.7 Å². The van der Waals surface area contributed by atoms with Gasteiger partial charge in [0.1, 0.15) is 5.75 Å². The van der Waals surface area contributed by atoms with Crippen LogP contribution in [0.5, 0.6) is 5.75 Å². The molecule has 4 heteroatoms. The highest BCUT2D eigenvalue weighted by atomic mass is 16.5. The molecular weight excluding hydrogens is 326 g/mol. The molecule has 0 N–H and O–H groups in total. The molecule has 0 aliphatic heterocycles. The van der Waals surface area contributed by atoms with Crippen LogP contribution in [0.25, 0.3) is 11.0 Å². The summed E-state index contributed by atoms with van der Waals surface area (Å²) in [5, 5.41) is 5.09. The Hall–Kier alpha value is -3.40. The maximum absolute atomic E-state index is 12.3. The lowest BCUT2D eigenvalue weighted by Gasteiger charge is -2.06. The number of hydrogen-bond donors (Lipinski definition) is 0. The lowest BCUT2D eigenvalue weighted by atomic mass is 10.1. The van der Waals surface area contributed by atoms with E-state index in [1.54, 1.807) is 18.2 Å². The Morgan fingerprint density at radius 1 is 1.00 bits per heavy atom. The Morgan fingerprint density at radius 2 is 1.77 bits per heavy atom. The fraction of sp³-hybridized carbons (Fsp3) is 0.0909. The van der Waals surface area contributed by atoms with Crippen molar-refractivity contribution in [1.82, 2.24) is 5.16 Å². The third-order valence-corrected chi connectivity index (χ3v) is 4.31. The molecule has 1 aromatic heterocycles. The summed E-state index contributed by atoms with van der Waals surface area (Å²) in [6.45, 7) is 1.88. The number of carbonyl (C=O) groups excluding carboxylic acids is 1. The Labute approximate surface area is 151 Å². The van der Waals surface area contributed by atoms with E-state index in [9.17, 15) is 4.79 Å². The van der Waals surface area contributed by atoms with E-state index in [0.29, 0.717) is 23.3 Å². The Balaban J connectivity index is 1.57. The van der Waals surface area contributed by atoms with E-state index in [2.05, 4.69) is 17.3 Å². The van der Waals surface area contributed by atoms with Crippen LogP contribution in [0.2, 0.25) is 0 Å². The van der Waals surface area contributed by atoms with E-state index in [4.69, 9.17) is 9.26 Å². The molecular formula is C22H17NO3. The second kappa shape index (κ2) is 6.84. The molecule has 0 atom stereocenters. The maximum atomic E-state index is 12.3. The Morgan fingerprint density at radius 3 is 2.58 bits per heavy atom. The lowest BCUT2D eigenvalue weighted by molar-refractivity contribution is 0.0734. The second-order valence-electron chi connectivity index (χ2n) is 6.15.